The lowest BCUT2D eigenvalue weighted by atomic mass is 10.1. The number of carbonyl (C=O) groups excluding carboxylic acids is 1. The average molecular weight is 325 g/mol. The molecule has 0 saturated heterocycles. The van der Waals surface area contributed by atoms with Crippen molar-refractivity contribution in [3.8, 4) is 11.4 Å². The Kier molecular flexibility index (Phi) is 5.44. The van der Waals surface area contributed by atoms with Gasteiger partial charge in [-0.15, -0.1) is 0 Å². The van der Waals surface area contributed by atoms with Gasteiger partial charge in [-0.3, -0.25) is 4.79 Å². The first kappa shape index (κ1) is 17.4. The summed E-state index contributed by atoms with van der Waals surface area (Å²) in [6.45, 7) is 4.11. The van der Waals surface area contributed by atoms with Crippen LogP contribution in [0.1, 0.15) is 24.2 Å². The van der Waals surface area contributed by atoms with Crippen molar-refractivity contribution in [3.05, 3.63) is 64.4 Å². The molecule has 3 aromatic rings. The summed E-state index contributed by atoms with van der Waals surface area (Å²) in [5.41, 5.74) is 4.17. The molecule has 24 heavy (non-hydrogen) atoms. The van der Waals surface area contributed by atoms with E-state index in [0.717, 1.165) is 0 Å². The Labute approximate surface area is 139 Å². The molecule has 1 heterocycles. The minimum Gasteiger partial charge on any atom is -0.545 e. The molecule has 0 amide bonds. The summed E-state index contributed by atoms with van der Waals surface area (Å²) < 4.78 is 0. The third-order valence-electron chi connectivity index (χ3n) is 3.01. The van der Waals surface area contributed by atoms with Crippen LogP contribution >= 0.6 is 0 Å². The van der Waals surface area contributed by atoms with Gasteiger partial charge in [0.1, 0.15) is 5.82 Å². The van der Waals surface area contributed by atoms with E-state index in [0.29, 0.717) is 22.5 Å². The van der Waals surface area contributed by atoms with Crippen LogP contribution in [0.15, 0.2) is 53.3 Å². The number of carbonyl (C=O) groups is 1. The molecule has 1 aromatic heterocycles. The Morgan fingerprint density at radius 1 is 1.12 bits per heavy atom. The highest BCUT2D eigenvalue weighted by molar-refractivity contribution is 5.94. The van der Waals surface area contributed by atoms with E-state index in [1.54, 1.807) is 42.5 Å². The van der Waals surface area contributed by atoms with E-state index in [1.165, 1.54) is 6.07 Å². The van der Waals surface area contributed by atoms with Crippen LogP contribution in [-0.4, -0.2) is 22.0 Å². The van der Waals surface area contributed by atoms with Crippen molar-refractivity contribution >= 4 is 16.9 Å². The van der Waals surface area contributed by atoms with Crippen LogP contribution in [0.5, 0.6) is 0 Å². The average Bonchev–Trinajstić information content (AvgIpc) is 2.54. The summed E-state index contributed by atoms with van der Waals surface area (Å²) in [6.07, 6.45) is 0. The van der Waals surface area contributed by atoms with Gasteiger partial charge in [0.05, 0.1) is 22.9 Å². The monoisotopic (exact) mass is 325 g/mol. The molecule has 0 spiro atoms. The van der Waals surface area contributed by atoms with E-state index >= 15 is 0 Å². The van der Waals surface area contributed by atoms with Crippen molar-refractivity contribution in [2.75, 3.05) is 0 Å². The van der Waals surface area contributed by atoms with Gasteiger partial charge in [0, 0.05) is 11.1 Å². The fourth-order valence-electron chi connectivity index (χ4n) is 2.08. The molecular formula is C18H19N3O3. The first-order valence-electron chi connectivity index (χ1n) is 7.53. The van der Waals surface area contributed by atoms with Crippen LogP contribution < -0.4 is 16.4 Å². The second kappa shape index (κ2) is 7.52. The van der Waals surface area contributed by atoms with Crippen molar-refractivity contribution in [2.45, 2.75) is 19.9 Å². The number of nitrogens with zero attached hydrogens (tertiary/aromatic N) is 1. The quantitative estimate of drug-likeness (QED) is 0.717. The number of aromatic nitrogens is 2. The number of aromatic carboxylic acids is 1. The highest BCUT2D eigenvalue weighted by Gasteiger charge is 2.09. The topological polar surface area (TPSA) is 114 Å². The Balaban J connectivity index is 0.000000471. The number of nitrogens with one attached hydrogen (secondary N) is 1. The Bertz CT molecular complexity index is 914. The third kappa shape index (κ3) is 4.05. The van der Waals surface area contributed by atoms with Crippen LogP contribution in [0.25, 0.3) is 22.3 Å². The first-order chi connectivity index (χ1) is 11.4. The molecule has 3 rings (SSSR count). The number of carboxylic acids is 1. The van der Waals surface area contributed by atoms with E-state index in [1.807, 2.05) is 0 Å². The number of benzene rings is 2. The summed E-state index contributed by atoms with van der Waals surface area (Å²) in [4.78, 5) is 30.0. The predicted molar refractivity (Wildman–Crippen MR) is 90.2 cm³/mol. The highest BCUT2D eigenvalue weighted by atomic mass is 16.4. The Hall–Kier alpha value is -2.99. The lowest BCUT2D eigenvalue weighted by Crippen LogP contribution is -2.57. The molecule has 124 valence electrons. The van der Waals surface area contributed by atoms with Gasteiger partial charge in [0.25, 0.3) is 5.56 Å². The van der Waals surface area contributed by atoms with Crippen molar-refractivity contribution in [3.63, 3.8) is 0 Å². The molecule has 6 heteroatoms. The molecule has 0 radical (unpaired) electrons. The van der Waals surface area contributed by atoms with Crippen molar-refractivity contribution in [1.29, 1.82) is 0 Å². The number of carboxylic acid groups (broad SMARTS) is 1. The number of hydrogen-bond donors (Lipinski definition) is 2. The van der Waals surface area contributed by atoms with Gasteiger partial charge < -0.3 is 20.6 Å². The molecule has 0 saturated carbocycles. The first-order valence-corrected chi connectivity index (χ1v) is 7.53. The van der Waals surface area contributed by atoms with Gasteiger partial charge in [-0.1, -0.05) is 36.4 Å². The fraction of sp³-hybridized carbons (Fsp3) is 0.167. The number of rotatable bonds is 2. The third-order valence-corrected chi connectivity index (χ3v) is 3.01. The fourth-order valence-corrected chi connectivity index (χ4v) is 2.08. The lowest BCUT2D eigenvalue weighted by Gasteiger charge is -2.09. The molecular weight excluding hydrogens is 306 g/mol. The summed E-state index contributed by atoms with van der Waals surface area (Å²) in [5.74, 6) is -1.09. The van der Waals surface area contributed by atoms with E-state index < -0.39 is 5.97 Å². The standard InChI is InChI=1S/C15H10N2O3.C3H9N/c18-14-11-7-3-4-8-12(11)16-13(17-14)9-5-1-2-6-10(9)15(19)20;1-3(2)4/h1-8H,(H,19,20)(H,16,17,18);3H,4H2,1-2H3. The van der Waals surface area contributed by atoms with Gasteiger partial charge in [-0.05, 0) is 26.0 Å². The zero-order valence-electron chi connectivity index (χ0n) is 13.6. The summed E-state index contributed by atoms with van der Waals surface area (Å²) in [5, 5.41) is 11.6. The van der Waals surface area contributed by atoms with E-state index in [9.17, 15) is 14.7 Å². The molecule has 0 unspecified atom stereocenters. The van der Waals surface area contributed by atoms with Gasteiger partial charge >= 0.3 is 0 Å². The maximum absolute atomic E-state index is 12.0. The molecule has 4 N–H and O–H groups in total. The molecule has 0 aliphatic carbocycles. The zero-order valence-corrected chi connectivity index (χ0v) is 13.6. The molecule has 6 nitrogen and oxygen atoms in total. The van der Waals surface area contributed by atoms with Crippen LogP contribution in [0.3, 0.4) is 0 Å². The van der Waals surface area contributed by atoms with Crippen LogP contribution in [0.4, 0.5) is 0 Å². The number of hydrogen-bond acceptors (Lipinski definition) is 4. The number of H-pyrrole nitrogens is 1. The van der Waals surface area contributed by atoms with Crippen LogP contribution in [0, 0.1) is 0 Å². The molecule has 0 aliphatic rings. The summed E-state index contributed by atoms with van der Waals surface area (Å²) >= 11 is 0. The molecule has 0 atom stereocenters. The molecule has 2 aromatic carbocycles. The number of quaternary nitrogens is 1. The van der Waals surface area contributed by atoms with Crippen LogP contribution in [-0.2, 0) is 0 Å². The zero-order chi connectivity index (χ0) is 17.7. The normalized spacial score (nSPS) is 10.3. The number of fused-ring (bicyclic) bond motifs is 1. The Morgan fingerprint density at radius 3 is 2.38 bits per heavy atom. The van der Waals surface area contributed by atoms with E-state index in [2.05, 4.69) is 29.5 Å². The largest absolute Gasteiger partial charge is 0.545 e. The van der Waals surface area contributed by atoms with E-state index in [-0.39, 0.29) is 16.9 Å². The van der Waals surface area contributed by atoms with Gasteiger partial charge in [0.2, 0.25) is 0 Å². The maximum atomic E-state index is 12.0. The van der Waals surface area contributed by atoms with Gasteiger partial charge in [-0.2, -0.15) is 0 Å². The second-order valence-corrected chi connectivity index (χ2v) is 5.66. The molecule has 0 fully saturated rings. The lowest BCUT2D eigenvalue weighted by molar-refractivity contribution is -0.407. The molecule has 0 aliphatic heterocycles. The number of aromatic amines is 1. The van der Waals surface area contributed by atoms with Crippen molar-refractivity contribution in [2.24, 2.45) is 0 Å². The molecule has 0 bridgehead atoms. The predicted octanol–water partition coefficient (Wildman–Crippen LogP) is 0.590. The SMILES string of the molecule is CC(C)[NH3+].O=C([O-])c1ccccc1-c1nc2ccccc2c(=O)[nH]1. The highest BCUT2D eigenvalue weighted by Crippen LogP contribution is 2.20. The second-order valence-electron chi connectivity index (χ2n) is 5.66. The van der Waals surface area contributed by atoms with Gasteiger partial charge in [-0.25, -0.2) is 4.98 Å². The maximum Gasteiger partial charge on any atom is 0.259 e. The summed E-state index contributed by atoms with van der Waals surface area (Å²) in [7, 11) is 0. The number of para-hydroxylation sites is 1. The minimum absolute atomic E-state index is 0.00840. The van der Waals surface area contributed by atoms with Crippen molar-refractivity contribution < 1.29 is 15.6 Å². The smallest absolute Gasteiger partial charge is 0.259 e. The Morgan fingerprint density at radius 2 is 1.71 bits per heavy atom. The summed E-state index contributed by atoms with van der Waals surface area (Å²) in [6, 6.07) is 13.7. The van der Waals surface area contributed by atoms with E-state index in [4.69, 9.17) is 0 Å². The van der Waals surface area contributed by atoms with Crippen LogP contribution in [0.2, 0.25) is 0 Å². The van der Waals surface area contributed by atoms with Gasteiger partial charge in [0.15, 0.2) is 0 Å². The minimum atomic E-state index is -1.31. The van der Waals surface area contributed by atoms with Crippen molar-refractivity contribution in [1.82, 2.24) is 9.97 Å².